The van der Waals surface area contributed by atoms with Gasteiger partial charge in [0.25, 0.3) is 0 Å². The zero-order valence-electron chi connectivity index (χ0n) is 28.3. The number of carbonyl (C=O) groups is 5. The highest BCUT2D eigenvalue weighted by molar-refractivity contribution is 8.03. The van der Waals surface area contributed by atoms with E-state index in [2.05, 4.69) is 16.0 Å². The van der Waals surface area contributed by atoms with Gasteiger partial charge in [0.2, 0.25) is 23.6 Å². The average Bonchev–Trinajstić information content (AvgIpc) is 3.41. The smallest absolute Gasteiger partial charge is 0.244 e. The second-order valence-electron chi connectivity index (χ2n) is 13.6. The number of thioether (sulfide) groups is 2. The van der Waals surface area contributed by atoms with Crippen LogP contribution in [0.5, 0.6) is 5.75 Å². The highest BCUT2D eigenvalue weighted by Crippen LogP contribution is 2.42. The lowest BCUT2D eigenvalue weighted by Crippen LogP contribution is -2.62. The third-order valence-corrected chi connectivity index (χ3v) is 12.1. The minimum absolute atomic E-state index is 0.129. The number of benzene rings is 2. The number of hydrogen-bond donors (Lipinski definition) is 7. The number of aliphatic hydroxyl groups excluding tert-OH is 1. The highest BCUT2D eigenvalue weighted by atomic mass is 32.2. The first kappa shape index (κ1) is 38.2. The molecule has 0 aromatic heterocycles. The molecule has 2 aromatic carbocycles. The normalized spacial score (nSPS) is 22.0. The van der Waals surface area contributed by atoms with Gasteiger partial charge in [-0.2, -0.15) is 23.5 Å². The number of aryl methyl sites for hydroxylation is 2. The van der Waals surface area contributed by atoms with Crippen LogP contribution in [0.3, 0.4) is 0 Å². The van der Waals surface area contributed by atoms with E-state index in [0.29, 0.717) is 11.5 Å². The summed E-state index contributed by atoms with van der Waals surface area (Å²) in [5, 5.41) is 27.8. The Morgan fingerprint density at radius 1 is 1.04 bits per heavy atom. The molecule has 2 aromatic rings. The van der Waals surface area contributed by atoms with E-state index < -0.39 is 64.6 Å². The molecule has 0 bridgehead atoms. The van der Waals surface area contributed by atoms with Crippen LogP contribution < -0.4 is 27.4 Å². The lowest BCUT2D eigenvalue weighted by molar-refractivity contribution is -0.139. The number of rotatable bonds is 8. The number of Topliss-reactive ketones (excluding diaryl/α,β-unsaturated/α-hetero) is 1. The summed E-state index contributed by atoms with van der Waals surface area (Å²) in [4.78, 5) is 67.6. The molecular weight excluding hydrogens is 667 g/mol. The van der Waals surface area contributed by atoms with Gasteiger partial charge in [-0.05, 0) is 86.9 Å². The van der Waals surface area contributed by atoms with Crippen molar-refractivity contribution in [3.8, 4) is 5.75 Å². The fraction of sp³-hybridized carbons (Fsp3) is 0.514. The Morgan fingerprint density at radius 2 is 1.65 bits per heavy atom. The number of ketones is 1. The van der Waals surface area contributed by atoms with E-state index in [9.17, 15) is 34.2 Å². The zero-order valence-corrected chi connectivity index (χ0v) is 30.0. The second-order valence-corrected chi connectivity index (χ2v) is 16.5. The van der Waals surface area contributed by atoms with Crippen molar-refractivity contribution >= 4 is 52.9 Å². The number of nitrogens with two attached hydrogens (primary N) is 2. The van der Waals surface area contributed by atoms with Crippen LogP contribution in [0, 0.1) is 19.3 Å². The molecule has 1 saturated heterocycles. The Morgan fingerprint density at radius 3 is 2.22 bits per heavy atom. The fourth-order valence-electron chi connectivity index (χ4n) is 6.56. The first-order valence-corrected chi connectivity index (χ1v) is 18.4. The molecule has 49 heavy (non-hydrogen) atoms. The van der Waals surface area contributed by atoms with Crippen molar-refractivity contribution < 1.29 is 34.2 Å². The maximum absolute atomic E-state index is 14.5. The predicted molar refractivity (Wildman–Crippen MR) is 191 cm³/mol. The maximum Gasteiger partial charge on any atom is 0.244 e. The van der Waals surface area contributed by atoms with Crippen LogP contribution in [0.1, 0.15) is 48.1 Å². The molecule has 12 nitrogen and oxygen atoms in total. The van der Waals surface area contributed by atoms with E-state index in [0.717, 1.165) is 27.8 Å². The third-order valence-electron chi connectivity index (χ3n) is 9.38. The predicted octanol–water partition coefficient (Wildman–Crippen LogP) is 0.814. The molecule has 0 saturated carbocycles. The van der Waals surface area contributed by atoms with Crippen molar-refractivity contribution in [3.63, 3.8) is 0 Å². The number of phenolic OH excluding ortho intramolecular Hbond substituents is 1. The number of fused-ring (bicyclic) bond motifs is 1. The summed E-state index contributed by atoms with van der Waals surface area (Å²) in [6.45, 7) is 6.59. The third kappa shape index (κ3) is 9.15. The number of primary amides is 1. The molecule has 266 valence electrons. The Kier molecular flexibility index (Phi) is 12.4. The summed E-state index contributed by atoms with van der Waals surface area (Å²) in [6, 6.07) is 6.42. The molecule has 1 spiro atoms. The van der Waals surface area contributed by atoms with Crippen molar-refractivity contribution in [1.29, 1.82) is 0 Å². The molecule has 4 amide bonds. The molecular formula is C35H47N5O7S2. The molecule has 1 aliphatic heterocycles. The van der Waals surface area contributed by atoms with Gasteiger partial charge in [-0.25, -0.2) is 0 Å². The molecule has 14 heteroatoms. The van der Waals surface area contributed by atoms with E-state index in [1.54, 1.807) is 12.1 Å². The molecule has 1 fully saturated rings. The molecule has 9 N–H and O–H groups in total. The topological polar surface area (TPSA) is 214 Å². The van der Waals surface area contributed by atoms with Crippen molar-refractivity contribution in [2.75, 3.05) is 23.9 Å². The van der Waals surface area contributed by atoms with E-state index in [1.807, 2.05) is 52.0 Å². The maximum atomic E-state index is 14.5. The fourth-order valence-corrected chi connectivity index (χ4v) is 8.90. The van der Waals surface area contributed by atoms with E-state index in [-0.39, 0.29) is 43.0 Å². The number of hydrogen-bond acceptors (Lipinski definition) is 10. The lowest BCUT2D eigenvalue weighted by atomic mass is 9.77. The van der Waals surface area contributed by atoms with Crippen LogP contribution in [0.2, 0.25) is 0 Å². The Labute approximate surface area is 295 Å². The molecule has 2 aliphatic rings. The van der Waals surface area contributed by atoms with Gasteiger partial charge in [-0.3, -0.25) is 24.0 Å². The number of nitrogens with one attached hydrogen (secondary N) is 3. The van der Waals surface area contributed by atoms with Gasteiger partial charge in [0.05, 0.1) is 24.1 Å². The number of phenols is 1. The van der Waals surface area contributed by atoms with Crippen molar-refractivity contribution in [2.24, 2.45) is 16.9 Å². The summed E-state index contributed by atoms with van der Waals surface area (Å²) >= 11 is 2.91. The molecule has 0 radical (unpaired) electrons. The largest absolute Gasteiger partial charge is 0.508 e. The Hall–Kier alpha value is -3.59. The van der Waals surface area contributed by atoms with Crippen LogP contribution in [-0.2, 0) is 43.2 Å². The number of aromatic hydroxyl groups is 1. The summed E-state index contributed by atoms with van der Waals surface area (Å²) in [5.74, 6) is -1.41. The Balaban J connectivity index is 1.63. The zero-order chi connectivity index (χ0) is 36.1. The Bertz CT molecular complexity index is 1550. The van der Waals surface area contributed by atoms with Gasteiger partial charge >= 0.3 is 0 Å². The quantitative estimate of drug-likeness (QED) is 0.205. The highest BCUT2D eigenvalue weighted by Gasteiger charge is 2.49. The van der Waals surface area contributed by atoms with Crippen LogP contribution in [0.15, 0.2) is 36.4 Å². The minimum Gasteiger partial charge on any atom is -0.508 e. The average molecular weight is 714 g/mol. The van der Waals surface area contributed by atoms with Crippen LogP contribution in [-0.4, -0.2) is 92.4 Å². The number of carbonyl (C=O) groups excluding carboxylic acids is 5. The van der Waals surface area contributed by atoms with Gasteiger partial charge < -0.3 is 37.6 Å². The summed E-state index contributed by atoms with van der Waals surface area (Å²) in [5.41, 5.74) is 14.7. The van der Waals surface area contributed by atoms with Crippen LogP contribution >= 0.6 is 23.5 Å². The molecule has 1 aliphatic carbocycles. The van der Waals surface area contributed by atoms with Gasteiger partial charge in [-0.15, -0.1) is 0 Å². The summed E-state index contributed by atoms with van der Waals surface area (Å²) in [7, 11) is 0. The minimum atomic E-state index is -1.34. The van der Waals surface area contributed by atoms with Crippen molar-refractivity contribution in [2.45, 2.75) is 82.3 Å². The van der Waals surface area contributed by atoms with Crippen molar-refractivity contribution in [3.05, 3.63) is 64.2 Å². The molecule has 0 unspecified atom stereocenters. The van der Waals surface area contributed by atoms with Gasteiger partial charge in [0.15, 0.2) is 5.78 Å². The second kappa shape index (κ2) is 16.0. The lowest BCUT2D eigenvalue weighted by Gasteiger charge is -2.37. The number of aliphatic hydroxyl groups is 1. The van der Waals surface area contributed by atoms with Crippen LogP contribution in [0.25, 0.3) is 0 Å². The molecule has 4 atom stereocenters. The molecule has 4 rings (SSSR count). The van der Waals surface area contributed by atoms with Gasteiger partial charge in [-0.1, -0.05) is 24.3 Å². The summed E-state index contributed by atoms with van der Waals surface area (Å²) < 4.78 is -0.868. The standard InChI is InChI=1S/C35H47N5O7S2/c1-19-11-23(42)12-20(2)24(19)13-25(36)31(45)39-27-18-48-9-10-49-34(3,4)29(32(46)38-26(17-41)30(37)44)40-33(47)35(16-28(27)43)14-21-7-5-6-8-22(21)15-35/h5-8,11-12,25-27,29,41-42H,9-10,13-18,36H2,1-4H3,(H2,37,44)(H,38,46)(H,39,45)(H,40,47)/t25-,26-,27+,29-/m0/s1. The van der Waals surface area contributed by atoms with E-state index in [1.165, 1.54) is 23.5 Å². The van der Waals surface area contributed by atoms with Crippen LogP contribution in [0.4, 0.5) is 0 Å². The SMILES string of the molecule is Cc1cc(O)cc(C)c1C[C@H](N)C(=O)N[C@@H]1CSCCSC(C)(C)[C@H](C(=O)N[C@@H](CO)C(N)=O)NC(=O)C2(CC1=O)Cc1ccccc1C2. The number of amides is 4. The summed E-state index contributed by atoms with van der Waals surface area (Å²) in [6.07, 6.45) is 0.500. The van der Waals surface area contributed by atoms with E-state index >= 15 is 0 Å². The van der Waals surface area contributed by atoms with Gasteiger partial charge in [0.1, 0.15) is 17.8 Å². The van der Waals surface area contributed by atoms with Gasteiger partial charge in [0, 0.05) is 28.4 Å². The first-order chi connectivity index (χ1) is 23.1. The van der Waals surface area contributed by atoms with E-state index in [4.69, 9.17) is 11.5 Å². The first-order valence-electron chi connectivity index (χ1n) is 16.2. The monoisotopic (exact) mass is 713 g/mol. The van der Waals surface area contributed by atoms with Crippen molar-refractivity contribution in [1.82, 2.24) is 16.0 Å². The molecule has 1 heterocycles.